The van der Waals surface area contributed by atoms with Crippen molar-refractivity contribution >= 4 is 0 Å². The maximum absolute atomic E-state index is 14.2. The highest BCUT2D eigenvalue weighted by atomic mass is 19.1. The summed E-state index contributed by atoms with van der Waals surface area (Å²) < 4.78 is 28.3. The zero-order chi connectivity index (χ0) is 17.6. The molecule has 2 aromatic rings. The summed E-state index contributed by atoms with van der Waals surface area (Å²) in [5.41, 5.74) is 2.40. The maximum Gasteiger partial charge on any atom is 0.135 e. The van der Waals surface area contributed by atoms with E-state index in [-0.39, 0.29) is 22.1 Å². The van der Waals surface area contributed by atoms with Crippen LogP contribution in [0.5, 0.6) is 0 Å². The van der Waals surface area contributed by atoms with Gasteiger partial charge in [0.1, 0.15) is 17.3 Å². The predicted molar refractivity (Wildman–Crippen MR) is 89.5 cm³/mol. The van der Waals surface area contributed by atoms with E-state index in [9.17, 15) is 8.78 Å². The van der Waals surface area contributed by atoms with Gasteiger partial charge in [0.2, 0.25) is 0 Å². The van der Waals surface area contributed by atoms with E-state index < -0.39 is 11.6 Å². The molecule has 1 heterocycles. The molecule has 0 amide bonds. The Hall–Kier alpha value is -1.84. The minimum atomic E-state index is -0.620. The molecule has 0 saturated carbocycles. The van der Waals surface area contributed by atoms with Gasteiger partial charge in [0.15, 0.2) is 0 Å². The van der Waals surface area contributed by atoms with Crippen molar-refractivity contribution in [2.45, 2.75) is 59.3 Å². The van der Waals surface area contributed by atoms with E-state index in [1.165, 1.54) is 18.2 Å². The van der Waals surface area contributed by atoms with Crippen molar-refractivity contribution in [3.05, 3.63) is 46.7 Å². The number of halogens is 2. The summed E-state index contributed by atoms with van der Waals surface area (Å²) in [4.78, 5) is 0. The minimum Gasteiger partial charge on any atom is -0.206 e. The second-order valence-electron chi connectivity index (χ2n) is 7.99. The first-order valence-electron chi connectivity index (χ1n) is 7.77. The van der Waals surface area contributed by atoms with E-state index >= 15 is 0 Å². The smallest absolute Gasteiger partial charge is 0.135 e. The molecule has 124 valence electrons. The highest BCUT2D eigenvalue weighted by molar-refractivity contribution is 5.66. The van der Waals surface area contributed by atoms with Crippen LogP contribution in [-0.2, 0) is 10.8 Å². The summed E-state index contributed by atoms with van der Waals surface area (Å²) in [5, 5.41) is 8.53. The molecule has 0 saturated heterocycles. The molecule has 0 N–H and O–H groups in total. The molecule has 0 aliphatic rings. The molecule has 1 aromatic heterocycles. The molecular weight excluding hydrogens is 294 g/mol. The molecule has 23 heavy (non-hydrogen) atoms. The van der Waals surface area contributed by atoms with Gasteiger partial charge in [-0.3, -0.25) is 0 Å². The summed E-state index contributed by atoms with van der Waals surface area (Å²) in [7, 11) is 0. The van der Waals surface area contributed by atoms with Crippen LogP contribution in [-0.4, -0.2) is 10.2 Å². The first-order valence-corrected chi connectivity index (χ1v) is 7.77. The summed E-state index contributed by atoms with van der Waals surface area (Å²) in [6.07, 6.45) is 0. The van der Waals surface area contributed by atoms with Crippen LogP contribution in [0.15, 0.2) is 18.2 Å². The first-order chi connectivity index (χ1) is 10.4. The Balaban J connectivity index is 2.85. The predicted octanol–water partition coefficient (Wildman–Crippen LogP) is 5.33. The van der Waals surface area contributed by atoms with E-state index in [4.69, 9.17) is 0 Å². The first kappa shape index (κ1) is 17.5. The number of hydrogen-bond donors (Lipinski definition) is 0. The molecule has 1 aromatic carbocycles. The third-order valence-corrected chi connectivity index (χ3v) is 3.88. The van der Waals surface area contributed by atoms with Gasteiger partial charge in [-0.15, -0.1) is 5.10 Å². The lowest BCUT2D eigenvalue weighted by atomic mass is 9.76. The molecule has 2 nitrogen and oxygen atoms in total. The highest BCUT2D eigenvalue weighted by Crippen LogP contribution is 2.38. The van der Waals surface area contributed by atoms with Crippen LogP contribution in [0.4, 0.5) is 8.78 Å². The van der Waals surface area contributed by atoms with E-state index in [1.807, 2.05) is 6.92 Å². The molecular formula is C19H24F2N2. The van der Waals surface area contributed by atoms with Gasteiger partial charge in [0.05, 0.1) is 11.3 Å². The van der Waals surface area contributed by atoms with Crippen molar-refractivity contribution in [1.82, 2.24) is 10.2 Å². The summed E-state index contributed by atoms with van der Waals surface area (Å²) in [6, 6.07) is 3.84. The molecule has 2 rings (SSSR count). The molecule has 0 bridgehead atoms. The lowest BCUT2D eigenvalue weighted by molar-refractivity contribution is 0.502. The molecule has 0 aliphatic heterocycles. The fraction of sp³-hybridized carbons (Fsp3) is 0.474. The topological polar surface area (TPSA) is 25.8 Å². The van der Waals surface area contributed by atoms with Crippen LogP contribution in [0.3, 0.4) is 0 Å². The largest absolute Gasteiger partial charge is 0.206 e. The monoisotopic (exact) mass is 318 g/mol. The average molecular weight is 318 g/mol. The SMILES string of the molecule is Cc1c(-c2c(F)cccc2F)nnc(C(C)(C)C)c1C(C)(C)C. The van der Waals surface area contributed by atoms with Crippen molar-refractivity contribution in [2.75, 3.05) is 0 Å². The van der Waals surface area contributed by atoms with Crippen molar-refractivity contribution in [3.8, 4) is 11.3 Å². The van der Waals surface area contributed by atoms with E-state index in [0.717, 1.165) is 16.8 Å². The Bertz CT molecular complexity index is 718. The fourth-order valence-corrected chi connectivity index (χ4v) is 2.93. The lowest BCUT2D eigenvalue weighted by Crippen LogP contribution is -2.26. The van der Waals surface area contributed by atoms with Crippen LogP contribution in [0, 0.1) is 18.6 Å². The number of benzene rings is 1. The normalized spacial score (nSPS) is 12.6. The maximum atomic E-state index is 14.2. The minimum absolute atomic E-state index is 0.108. The standard InChI is InChI=1S/C19H24F2N2/c1-11-15(18(2,3)4)17(19(5,6)7)23-22-16(11)14-12(20)9-8-10-13(14)21/h8-10H,1-7H3. The number of hydrogen-bond acceptors (Lipinski definition) is 2. The van der Waals surface area contributed by atoms with Gasteiger partial charge in [0.25, 0.3) is 0 Å². The van der Waals surface area contributed by atoms with Crippen molar-refractivity contribution in [2.24, 2.45) is 0 Å². The van der Waals surface area contributed by atoms with Gasteiger partial charge in [-0.2, -0.15) is 5.10 Å². The Morgan fingerprint density at radius 2 is 1.35 bits per heavy atom. The zero-order valence-electron chi connectivity index (χ0n) is 14.9. The van der Waals surface area contributed by atoms with Gasteiger partial charge in [-0.1, -0.05) is 47.6 Å². The van der Waals surface area contributed by atoms with Crippen LogP contribution >= 0.6 is 0 Å². The molecule has 0 spiro atoms. The van der Waals surface area contributed by atoms with Gasteiger partial charge in [-0.25, -0.2) is 8.78 Å². The average Bonchev–Trinajstić information content (AvgIpc) is 2.37. The third-order valence-electron chi connectivity index (χ3n) is 3.88. The van der Waals surface area contributed by atoms with Gasteiger partial charge < -0.3 is 0 Å². The van der Waals surface area contributed by atoms with E-state index in [1.54, 1.807) is 0 Å². The molecule has 0 fully saturated rings. The summed E-state index contributed by atoms with van der Waals surface area (Å²) in [5.74, 6) is -1.24. The Kier molecular flexibility index (Phi) is 4.31. The molecule has 4 heteroatoms. The van der Waals surface area contributed by atoms with Gasteiger partial charge in [-0.05, 0) is 35.6 Å². The lowest BCUT2D eigenvalue weighted by Gasteiger charge is -2.30. The van der Waals surface area contributed by atoms with E-state index in [2.05, 4.69) is 51.7 Å². The Morgan fingerprint density at radius 1 is 0.826 bits per heavy atom. The molecule has 0 radical (unpaired) electrons. The highest BCUT2D eigenvalue weighted by Gasteiger charge is 2.31. The molecule has 0 unspecified atom stereocenters. The van der Waals surface area contributed by atoms with Crippen LogP contribution in [0.1, 0.15) is 58.4 Å². The summed E-state index contributed by atoms with van der Waals surface area (Å²) >= 11 is 0. The van der Waals surface area contributed by atoms with Crippen molar-refractivity contribution in [3.63, 3.8) is 0 Å². The Morgan fingerprint density at radius 3 is 1.78 bits per heavy atom. The van der Waals surface area contributed by atoms with Crippen molar-refractivity contribution in [1.29, 1.82) is 0 Å². The summed E-state index contributed by atoms with van der Waals surface area (Å²) in [6.45, 7) is 14.3. The molecule has 0 aliphatic carbocycles. The number of nitrogens with zero attached hydrogens (tertiary/aromatic N) is 2. The zero-order valence-corrected chi connectivity index (χ0v) is 14.9. The Labute approximate surface area is 137 Å². The van der Waals surface area contributed by atoms with Crippen LogP contribution in [0.25, 0.3) is 11.3 Å². The van der Waals surface area contributed by atoms with Gasteiger partial charge >= 0.3 is 0 Å². The van der Waals surface area contributed by atoms with Crippen LogP contribution < -0.4 is 0 Å². The second-order valence-corrected chi connectivity index (χ2v) is 7.99. The van der Waals surface area contributed by atoms with Crippen molar-refractivity contribution < 1.29 is 8.78 Å². The van der Waals surface area contributed by atoms with Gasteiger partial charge in [0, 0.05) is 5.41 Å². The molecule has 0 atom stereocenters. The quantitative estimate of drug-likeness (QED) is 0.710. The second kappa shape index (κ2) is 5.66. The van der Waals surface area contributed by atoms with Crippen LogP contribution in [0.2, 0.25) is 0 Å². The van der Waals surface area contributed by atoms with E-state index in [0.29, 0.717) is 0 Å². The third kappa shape index (κ3) is 3.26. The number of rotatable bonds is 1. The number of aromatic nitrogens is 2. The fourth-order valence-electron chi connectivity index (χ4n) is 2.93.